The van der Waals surface area contributed by atoms with Crippen molar-refractivity contribution in [1.82, 2.24) is 19.3 Å². The van der Waals surface area contributed by atoms with Crippen molar-refractivity contribution in [2.45, 2.75) is 39.8 Å². The lowest BCUT2D eigenvalue weighted by Gasteiger charge is -2.30. The molecule has 3 aromatic heterocycles. The van der Waals surface area contributed by atoms with Crippen LogP contribution in [0, 0.1) is 16.7 Å². The number of carbonyl (C=O) groups is 1. The number of nitrogens with one attached hydrogen (secondary N) is 1. The molecule has 2 N–H and O–H groups in total. The van der Waals surface area contributed by atoms with E-state index in [1.165, 1.54) is 11.3 Å². The number of anilines is 3. The molecule has 1 aromatic carbocycles. The Morgan fingerprint density at radius 2 is 1.97 bits per heavy atom. The monoisotopic (exact) mass is 493 g/mol. The lowest BCUT2D eigenvalue weighted by Crippen LogP contribution is -2.41. The third-order valence-corrected chi connectivity index (χ3v) is 7.16. The summed E-state index contributed by atoms with van der Waals surface area (Å²) in [4.78, 5) is 19.8. The number of rotatable bonds is 5. The molecule has 1 aliphatic carbocycles. The Morgan fingerprint density at radius 1 is 1.16 bits per heavy atom. The topological polar surface area (TPSA) is 112 Å². The van der Waals surface area contributed by atoms with Crippen LogP contribution in [0.1, 0.15) is 46.7 Å². The number of hydrogen-bond donors (Lipinski definition) is 2. The third kappa shape index (κ3) is 3.86. The molecule has 1 amide bonds. The SMILES string of the molecule is CC1(C)Cc2cc3n(c2C1)CCN(c1nccc(-n2cc(C#N)c(Nc4ccccc4)n2)c1CO)C3=O. The standard InChI is InChI=1S/C28H27N7O2/c1-28(2)13-18-12-23-27(37)34(11-10-33(23)24(18)14-28)26-21(17-36)22(8-9-30-26)35-16-19(15-29)25(32-35)31-20-6-4-3-5-7-20/h3-9,12,16,36H,10-11,13-14,17H2,1-2H3,(H,31,32). The van der Waals surface area contributed by atoms with Crippen LogP contribution in [0.4, 0.5) is 17.3 Å². The Morgan fingerprint density at radius 3 is 2.73 bits per heavy atom. The molecule has 0 saturated heterocycles. The van der Waals surface area contributed by atoms with Gasteiger partial charge in [-0.25, -0.2) is 9.67 Å². The van der Waals surface area contributed by atoms with Gasteiger partial charge in [0, 0.05) is 36.2 Å². The van der Waals surface area contributed by atoms with E-state index in [1.54, 1.807) is 28.0 Å². The van der Waals surface area contributed by atoms with Gasteiger partial charge in [0.25, 0.3) is 5.91 Å². The van der Waals surface area contributed by atoms with E-state index in [0.29, 0.717) is 47.2 Å². The first-order chi connectivity index (χ1) is 17.9. The molecule has 4 heterocycles. The quantitative estimate of drug-likeness (QED) is 0.435. The fraction of sp³-hybridized carbons (Fsp3) is 0.286. The number of carbonyl (C=O) groups excluding carboxylic acids is 1. The molecule has 186 valence electrons. The van der Waals surface area contributed by atoms with Crippen molar-refractivity contribution in [3.63, 3.8) is 0 Å². The first-order valence-corrected chi connectivity index (χ1v) is 12.3. The summed E-state index contributed by atoms with van der Waals surface area (Å²) in [5, 5.41) is 27.8. The average Bonchev–Trinajstić information content (AvgIpc) is 3.54. The number of fused-ring (bicyclic) bond motifs is 3. The lowest BCUT2D eigenvalue weighted by molar-refractivity contribution is 0.0962. The van der Waals surface area contributed by atoms with Gasteiger partial charge in [-0.1, -0.05) is 32.0 Å². The molecule has 9 heteroatoms. The Hall–Kier alpha value is -4.42. The second-order valence-electron chi connectivity index (χ2n) is 10.4. The van der Waals surface area contributed by atoms with Crippen LogP contribution in [0.3, 0.4) is 0 Å². The zero-order chi connectivity index (χ0) is 25.7. The first-order valence-electron chi connectivity index (χ1n) is 12.3. The van der Waals surface area contributed by atoms with Crippen LogP contribution < -0.4 is 10.2 Å². The number of hydrogen-bond acceptors (Lipinski definition) is 6. The fourth-order valence-electron chi connectivity index (χ4n) is 5.51. The highest BCUT2D eigenvalue weighted by molar-refractivity contribution is 6.06. The highest BCUT2D eigenvalue weighted by atomic mass is 16.3. The smallest absolute Gasteiger partial charge is 0.276 e. The number of amides is 1. The maximum Gasteiger partial charge on any atom is 0.276 e. The minimum atomic E-state index is -0.336. The molecular weight excluding hydrogens is 466 g/mol. The van der Waals surface area contributed by atoms with Crippen LogP contribution in [-0.4, -0.2) is 36.9 Å². The van der Waals surface area contributed by atoms with Crippen molar-refractivity contribution >= 4 is 23.2 Å². The maximum atomic E-state index is 13.6. The number of aromatic nitrogens is 4. The molecule has 0 spiro atoms. The predicted octanol–water partition coefficient (Wildman–Crippen LogP) is 3.96. The molecule has 4 aromatic rings. The maximum absolute atomic E-state index is 13.6. The highest BCUT2D eigenvalue weighted by Crippen LogP contribution is 2.39. The van der Waals surface area contributed by atoms with E-state index in [1.807, 2.05) is 36.4 Å². The molecule has 2 aliphatic rings. The van der Waals surface area contributed by atoms with E-state index in [0.717, 1.165) is 18.5 Å². The van der Waals surface area contributed by atoms with Crippen molar-refractivity contribution < 1.29 is 9.90 Å². The molecule has 0 saturated carbocycles. The first kappa shape index (κ1) is 23.0. The molecule has 37 heavy (non-hydrogen) atoms. The second kappa shape index (κ2) is 8.61. The summed E-state index contributed by atoms with van der Waals surface area (Å²) in [7, 11) is 0. The molecule has 0 atom stereocenters. The zero-order valence-electron chi connectivity index (χ0n) is 20.8. The van der Waals surface area contributed by atoms with Crippen LogP contribution in [-0.2, 0) is 26.0 Å². The van der Waals surface area contributed by atoms with Gasteiger partial charge >= 0.3 is 0 Å². The van der Waals surface area contributed by atoms with E-state index < -0.39 is 0 Å². The molecule has 0 fully saturated rings. The van der Waals surface area contributed by atoms with E-state index in [-0.39, 0.29) is 17.9 Å². The summed E-state index contributed by atoms with van der Waals surface area (Å²) < 4.78 is 3.70. The third-order valence-electron chi connectivity index (χ3n) is 7.16. The number of benzene rings is 1. The Labute approximate surface area is 214 Å². The van der Waals surface area contributed by atoms with E-state index in [4.69, 9.17) is 0 Å². The number of aliphatic hydroxyl groups is 1. The van der Waals surface area contributed by atoms with Crippen molar-refractivity contribution in [3.05, 3.63) is 82.9 Å². The van der Waals surface area contributed by atoms with Crippen LogP contribution in [0.2, 0.25) is 0 Å². The van der Waals surface area contributed by atoms with E-state index >= 15 is 0 Å². The van der Waals surface area contributed by atoms with Gasteiger partial charge < -0.3 is 15.0 Å². The van der Waals surface area contributed by atoms with Crippen molar-refractivity contribution in [2.24, 2.45) is 5.41 Å². The number of nitriles is 1. The van der Waals surface area contributed by atoms with Crippen molar-refractivity contribution in [1.29, 1.82) is 5.26 Å². The van der Waals surface area contributed by atoms with Gasteiger partial charge in [-0.15, -0.1) is 5.10 Å². The summed E-state index contributed by atoms with van der Waals surface area (Å²) >= 11 is 0. The van der Waals surface area contributed by atoms with E-state index in [2.05, 4.69) is 39.9 Å². The van der Waals surface area contributed by atoms with Gasteiger partial charge in [-0.2, -0.15) is 5.26 Å². The van der Waals surface area contributed by atoms with Crippen LogP contribution in [0.25, 0.3) is 5.69 Å². The average molecular weight is 494 g/mol. The van der Waals surface area contributed by atoms with Crippen molar-refractivity contribution in [3.8, 4) is 11.8 Å². The zero-order valence-corrected chi connectivity index (χ0v) is 20.8. The Kier molecular flexibility index (Phi) is 5.35. The van der Waals surface area contributed by atoms with Gasteiger partial charge in [0.05, 0.1) is 18.5 Å². The Balaban J connectivity index is 1.35. The number of nitrogens with zero attached hydrogens (tertiary/aromatic N) is 6. The summed E-state index contributed by atoms with van der Waals surface area (Å²) in [6.07, 6.45) is 5.14. The van der Waals surface area contributed by atoms with Gasteiger partial charge in [0.1, 0.15) is 23.1 Å². The molecule has 0 radical (unpaired) electrons. The summed E-state index contributed by atoms with van der Waals surface area (Å²) in [6, 6.07) is 15.4. The summed E-state index contributed by atoms with van der Waals surface area (Å²) in [5.41, 5.74) is 5.59. The molecule has 1 aliphatic heterocycles. The van der Waals surface area contributed by atoms with Crippen molar-refractivity contribution in [2.75, 3.05) is 16.8 Å². The highest BCUT2D eigenvalue weighted by Gasteiger charge is 2.37. The Bertz CT molecular complexity index is 1560. The number of aliphatic hydroxyl groups excluding tert-OH is 1. The molecular formula is C28H27N7O2. The van der Waals surface area contributed by atoms with Crippen LogP contribution in [0.5, 0.6) is 0 Å². The van der Waals surface area contributed by atoms with Gasteiger partial charge in [-0.05, 0) is 48.1 Å². The number of para-hydroxylation sites is 1. The normalized spacial score (nSPS) is 15.8. The molecule has 9 nitrogen and oxygen atoms in total. The lowest BCUT2D eigenvalue weighted by atomic mass is 9.90. The summed E-state index contributed by atoms with van der Waals surface area (Å²) in [6.45, 7) is 5.31. The molecule has 6 rings (SSSR count). The predicted molar refractivity (Wildman–Crippen MR) is 139 cm³/mol. The van der Waals surface area contributed by atoms with E-state index in [9.17, 15) is 15.2 Å². The molecule has 0 unspecified atom stereocenters. The van der Waals surface area contributed by atoms with Gasteiger partial charge in [0.2, 0.25) is 0 Å². The van der Waals surface area contributed by atoms with Crippen LogP contribution >= 0.6 is 0 Å². The van der Waals surface area contributed by atoms with Crippen LogP contribution in [0.15, 0.2) is 54.9 Å². The molecule has 0 bridgehead atoms. The minimum Gasteiger partial charge on any atom is -0.391 e. The summed E-state index contributed by atoms with van der Waals surface area (Å²) in [5.74, 6) is 0.687. The number of pyridine rings is 1. The fourth-order valence-corrected chi connectivity index (χ4v) is 5.51. The largest absolute Gasteiger partial charge is 0.391 e. The van der Waals surface area contributed by atoms with Gasteiger partial charge in [0.15, 0.2) is 5.82 Å². The second-order valence-corrected chi connectivity index (χ2v) is 10.4. The van der Waals surface area contributed by atoms with Gasteiger partial charge in [-0.3, -0.25) is 9.69 Å². The minimum absolute atomic E-state index is 0.123.